The van der Waals surface area contributed by atoms with E-state index in [1.807, 2.05) is 29.9 Å². The van der Waals surface area contributed by atoms with E-state index in [2.05, 4.69) is 4.98 Å². The summed E-state index contributed by atoms with van der Waals surface area (Å²) >= 11 is 7.55. The number of hydrogen-bond acceptors (Lipinski definition) is 4. The number of nitrogens with zero attached hydrogens (tertiary/aromatic N) is 1. The molecule has 0 bridgehead atoms. The minimum atomic E-state index is -0.0375. The Morgan fingerprint density at radius 1 is 1.47 bits per heavy atom. The highest BCUT2D eigenvalue weighted by Crippen LogP contribution is 2.41. The molecule has 0 saturated carbocycles. The van der Waals surface area contributed by atoms with Gasteiger partial charge in [-0.05, 0) is 18.2 Å². The summed E-state index contributed by atoms with van der Waals surface area (Å²) in [5.74, 6) is 0.826. The first-order chi connectivity index (χ1) is 8.24. The lowest BCUT2D eigenvalue weighted by Crippen LogP contribution is -2.23. The minimum absolute atomic E-state index is 0.00572. The van der Waals surface area contributed by atoms with Gasteiger partial charge in [0.2, 0.25) is 0 Å². The fourth-order valence-electron chi connectivity index (χ4n) is 2.03. The third-order valence-electron chi connectivity index (χ3n) is 2.88. The standard InChI is InChI=1S/C12H11ClN2OS/c13-7-1-2-10-8(3-7)9(14)4-11(16-10)12-5-15-6-17-12/h1-3,5-6,9,11H,4,14H2/t9-,11?/m1/s1. The molecule has 2 N–H and O–H groups in total. The number of thiazole rings is 1. The zero-order chi connectivity index (χ0) is 11.8. The van der Waals surface area contributed by atoms with E-state index in [-0.39, 0.29) is 12.1 Å². The van der Waals surface area contributed by atoms with Crippen molar-refractivity contribution in [3.63, 3.8) is 0 Å². The third kappa shape index (κ3) is 2.04. The zero-order valence-electron chi connectivity index (χ0n) is 8.97. The summed E-state index contributed by atoms with van der Waals surface area (Å²) < 4.78 is 5.93. The molecule has 5 heteroatoms. The Morgan fingerprint density at radius 2 is 2.35 bits per heavy atom. The summed E-state index contributed by atoms with van der Waals surface area (Å²) in [5, 5.41) is 0.694. The van der Waals surface area contributed by atoms with Crippen LogP contribution >= 0.6 is 22.9 Å². The maximum absolute atomic E-state index is 6.16. The second kappa shape index (κ2) is 4.29. The molecule has 0 spiro atoms. The van der Waals surface area contributed by atoms with E-state index in [0.29, 0.717) is 5.02 Å². The molecular formula is C12H11ClN2OS. The van der Waals surface area contributed by atoms with Gasteiger partial charge in [-0.25, -0.2) is 0 Å². The minimum Gasteiger partial charge on any atom is -0.484 e. The summed E-state index contributed by atoms with van der Waals surface area (Å²) in [5.41, 5.74) is 8.95. The first kappa shape index (κ1) is 11.0. The van der Waals surface area contributed by atoms with Crippen molar-refractivity contribution in [1.82, 2.24) is 4.98 Å². The molecule has 3 rings (SSSR count). The predicted molar refractivity (Wildman–Crippen MR) is 68.5 cm³/mol. The number of benzene rings is 1. The topological polar surface area (TPSA) is 48.1 Å². The molecule has 1 aliphatic heterocycles. The number of hydrogen-bond donors (Lipinski definition) is 1. The Labute approximate surface area is 108 Å². The Hall–Kier alpha value is -1.10. The van der Waals surface area contributed by atoms with E-state index in [4.69, 9.17) is 22.1 Å². The van der Waals surface area contributed by atoms with Gasteiger partial charge in [-0.3, -0.25) is 4.98 Å². The van der Waals surface area contributed by atoms with Gasteiger partial charge in [-0.2, -0.15) is 0 Å². The molecule has 88 valence electrons. The highest BCUT2D eigenvalue weighted by molar-refractivity contribution is 7.09. The number of nitrogens with two attached hydrogens (primary N) is 1. The first-order valence-electron chi connectivity index (χ1n) is 5.34. The lowest BCUT2D eigenvalue weighted by molar-refractivity contribution is 0.165. The maximum Gasteiger partial charge on any atom is 0.136 e. The fraction of sp³-hybridized carbons (Fsp3) is 0.250. The molecule has 17 heavy (non-hydrogen) atoms. The summed E-state index contributed by atoms with van der Waals surface area (Å²) in [6.07, 6.45) is 2.60. The normalized spacial score (nSPS) is 22.9. The van der Waals surface area contributed by atoms with Crippen molar-refractivity contribution >= 4 is 22.9 Å². The Balaban J connectivity index is 1.96. The van der Waals surface area contributed by atoms with Gasteiger partial charge in [0.1, 0.15) is 11.9 Å². The zero-order valence-corrected chi connectivity index (χ0v) is 10.5. The molecule has 2 aromatic rings. The highest BCUT2D eigenvalue weighted by Gasteiger charge is 2.27. The van der Waals surface area contributed by atoms with Crippen LogP contribution in [0.5, 0.6) is 5.75 Å². The largest absolute Gasteiger partial charge is 0.484 e. The quantitative estimate of drug-likeness (QED) is 0.861. The average Bonchev–Trinajstić information content (AvgIpc) is 2.83. The Kier molecular flexibility index (Phi) is 2.78. The molecule has 0 fully saturated rings. The molecule has 0 amide bonds. The molecule has 2 atom stereocenters. The maximum atomic E-state index is 6.16. The number of aromatic nitrogens is 1. The molecule has 0 aliphatic carbocycles. The fourth-order valence-corrected chi connectivity index (χ4v) is 2.88. The second-order valence-corrected chi connectivity index (χ2v) is 5.39. The smallest absolute Gasteiger partial charge is 0.136 e. The van der Waals surface area contributed by atoms with Crippen molar-refractivity contribution in [2.24, 2.45) is 5.73 Å². The van der Waals surface area contributed by atoms with E-state index in [1.54, 1.807) is 11.3 Å². The number of fused-ring (bicyclic) bond motifs is 1. The molecule has 3 nitrogen and oxygen atoms in total. The van der Waals surface area contributed by atoms with Crippen molar-refractivity contribution < 1.29 is 4.74 Å². The van der Waals surface area contributed by atoms with Crippen molar-refractivity contribution in [3.05, 3.63) is 45.4 Å². The van der Waals surface area contributed by atoms with E-state index < -0.39 is 0 Å². The van der Waals surface area contributed by atoms with Crippen LogP contribution in [-0.2, 0) is 0 Å². The summed E-state index contributed by atoms with van der Waals surface area (Å²) in [7, 11) is 0. The molecule has 1 aromatic carbocycles. The summed E-state index contributed by atoms with van der Waals surface area (Å²) in [6.45, 7) is 0. The molecule has 0 saturated heterocycles. The van der Waals surface area contributed by atoms with Crippen LogP contribution in [0.3, 0.4) is 0 Å². The molecular weight excluding hydrogens is 256 g/mol. The van der Waals surface area contributed by atoms with Gasteiger partial charge in [0.25, 0.3) is 0 Å². The van der Waals surface area contributed by atoms with Crippen LogP contribution in [0, 0.1) is 0 Å². The van der Waals surface area contributed by atoms with Gasteiger partial charge in [-0.15, -0.1) is 11.3 Å². The molecule has 1 aromatic heterocycles. The van der Waals surface area contributed by atoms with E-state index in [0.717, 1.165) is 22.6 Å². The Morgan fingerprint density at radius 3 is 3.12 bits per heavy atom. The number of halogens is 1. The van der Waals surface area contributed by atoms with Crippen LogP contribution in [0.4, 0.5) is 0 Å². The monoisotopic (exact) mass is 266 g/mol. The van der Waals surface area contributed by atoms with Crippen LogP contribution in [0.1, 0.15) is 29.0 Å². The van der Waals surface area contributed by atoms with Crippen molar-refractivity contribution in [2.45, 2.75) is 18.6 Å². The highest BCUT2D eigenvalue weighted by atomic mass is 35.5. The van der Waals surface area contributed by atoms with Crippen molar-refractivity contribution in [1.29, 1.82) is 0 Å². The van der Waals surface area contributed by atoms with Crippen LogP contribution in [0.25, 0.3) is 0 Å². The van der Waals surface area contributed by atoms with E-state index in [1.165, 1.54) is 0 Å². The third-order valence-corrected chi connectivity index (χ3v) is 3.98. The van der Waals surface area contributed by atoms with Crippen LogP contribution in [0.2, 0.25) is 5.02 Å². The molecule has 0 radical (unpaired) electrons. The van der Waals surface area contributed by atoms with Crippen molar-refractivity contribution in [3.8, 4) is 5.75 Å². The van der Waals surface area contributed by atoms with Gasteiger partial charge < -0.3 is 10.5 Å². The summed E-state index contributed by atoms with van der Waals surface area (Å²) in [6, 6.07) is 5.54. The SMILES string of the molecule is N[C@@H]1CC(c2cncs2)Oc2ccc(Cl)cc21. The van der Waals surface area contributed by atoms with Gasteiger partial charge in [-0.1, -0.05) is 11.6 Å². The van der Waals surface area contributed by atoms with Gasteiger partial charge in [0.15, 0.2) is 0 Å². The van der Waals surface area contributed by atoms with E-state index >= 15 is 0 Å². The number of rotatable bonds is 1. The van der Waals surface area contributed by atoms with Gasteiger partial charge >= 0.3 is 0 Å². The van der Waals surface area contributed by atoms with Gasteiger partial charge in [0, 0.05) is 29.2 Å². The molecule has 1 aliphatic rings. The second-order valence-electron chi connectivity index (χ2n) is 4.03. The average molecular weight is 267 g/mol. The lowest BCUT2D eigenvalue weighted by Gasteiger charge is -2.29. The van der Waals surface area contributed by atoms with E-state index in [9.17, 15) is 0 Å². The number of ether oxygens (including phenoxy) is 1. The van der Waals surface area contributed by atoms with Crippen LogP contribution < -0.4 is 10.5 Å². The summed E-state index contributed by atoms with van der Waals surface area (Å²) in [4.78, 5) is 5.18. The lowest BCUT2D eigenvalue weighted by atomic mass is 9.97. The van der Waals surface area contributed by atoms with Crippen LogP contribution in [-0.4, -0.2) is 4.98 Å². The van der Waals surface area contributed by atoms with Crippen molar-refractivity contribution in [2.75, 3.05) is 0 Å². The molecule has 1 unspecified atom stereocenters. The molecule has 2 heterocycles. The van der Waals surface area contributed by atoms with Crippen LogP contribution in [0.15, 0.2) is 29.9 Å². The predicted octanol–water partition coefficient (Wildman–Crippen LogP) is 3.32. The Bertz CT molecular complexity index is 529. The first-order valence-corrected chi connectivity index (χ1v) is 6.60. The van der Waals surface area contributed by atoms with Gasteiger partial charge in [0.05, 0.1) is 10.4 Å².